The minimum atomic E-state index is -0.579. The fourth-order valence-electron chi connectivity index (χ4n) is 12.4. The predicted octanol–water partition coefficient (Wildman–Crippen LogP) is 6.79. The number of hydrogen-bond donors (Lipinski definition) is 0. The second-order valence-electron chi connectivity index (χ2n) is 17.8. The summed E-state index contributed by atoms with van der Waals surface area (Å²) < 4.78 is 20.7. The van der Waals surface area contributed by atoms with E-state index in [-0.39, 0.29) is 47.7 Å². The summed E-state index contributed by atoms with van der Waals surface area (Å²) in [5, 5.41) is 0. The summed E-state index contributed by atoms with van der Waals surface area (Å²) in [5.74, 6) is 0.329. The highest BCUT2D eigenvalue weighted by Crippen LogP contribution is 2.56. The lowest BCUT2D eigenvalue weighted by Gasteiger charge is -2.45. The van der Waals surface area contributed by atoms with Crippen LogP contribution in [0.15, 0.2) is 84.9 Å². The lowest BCUT2D eigenvalue weighted by molar-refractivity contribution is -0.138. The normalized spacial score (nSPS) is 30.4. The second kappa shape index (κ2) is 18.8. The molecule has 4 saturated heterocycles. The van der Waals surface area contributed by atoms with E-state index in [0.29, 0.717) is 29.5 Å². The average Bonchev–Trinajstić information content (AvgIpc) is 4.00. The van der Waals surface area contributed by atoms with Crippen molar-refractivity contribution < 1.29 is 38.1 Å². The van der Waals surface area contributed by atoms with Crippen molar-refractivity contribution in [1.29, 1.82) is 0 Å². The standard InChI is InChI=1S/C25H34N2O4.C25H32N2O4/c2*1-5-12-27-21-10-8-7-9-20(21)25(24(27)29)11-13-26-15-17(6-2)18(14-22(25)26)19(16-30-3)23(28)31-4/h7-10,16-18,22H,5-6,11-15H2,1-4H3;5,7-10,16-18,22H,1,6,11-15H2,2-4H3/b2*19-16+/t2*17-,18+,22+,25-/m11/s1. The number of rotatable bonds is 12. The summed E-state index contributed by atoms with van der Waals surface area (Å²) in [6.07, 6.45) is 10.8. The predicted molar refractivity (Wildman–Crippen MR) is 239 cm³/mol. The molecule has 2 aromatic carbocycles. The van der Waals surface area contributed by atoms with Crippen LogP contribution in [0.1, 0.15) is 76.8 Å². The lowest BCUT2D eigenvalue weighted by Crippen LogP contribution is -2.55. The first-order chi connectivity index (χ1) is 30.1. The summed E-state index contributed by atoms with van der Waals surface area (Å²) in [6, 6.07) is 16.5. The molecule has 6 aliphatic rings. The lowest BCUT2D eigenvalue weighted by atomic mass is 9.67. The van der Waals surface area contributed by atoms with Gasteiger partial charge in [0.15, 0.2) is 0 Å². The molecule has 6 aliphatic heterocycles. The molecule has 2 amide bonds. The van der Waals surface area contributed by atoms with Gasteiger partial charge in [-0.3, -0.25) is 19.4 Å². The number of amides is 2. The Morgan fingerprint density at radius 3 is 1.53 bits per heavy atom. The Bertz CT molecular complexity index is 2080. The van der Waals surface area contributed by atoms with E-state index in [9.17, 15) is 19.2 Å². The second-order valence-corrected chi connectivity index (χ2v) is 17.8. The molecule has 0 N–H and O–H groups in total. The van der Waals surface area contributed by atoms with Gasteiger partial charge in [0.2, 0.25) is 11.8 Å². The van der Waals surface area contributed by atoms with E-state index in [1.165, 1.54) is 20.5 Å². The first-order valence-corrected chi connectivity index (χ1v) is 22.6. The van der Waals surface area contributed by atoms with Crippen LogP contribution in [-0.4, -0.2) is 113 Å². The van der Waals surface area contributed by atoms with Crippen molar-refractivity contribution in [3.8, 4) is 0 Å². The maximum absolute atomic E-state index is 13.9. The van der Waals surface area contributed by atoms with E-state index < -0.39 is 10.8 Å². The fourth-order valence-corrected chi connectivity index (χ4v) is 12.4. The molecule has 0 radical (unpaired) electrons. The third-order valence-electron chi connectivity index (χ3n) is 15.2. The monoisotopic (exact) mass is 850 g/mol. The number of para-hydroxylation sites is 2. The molecular formula is C50H66N4O8. The smallest absolute Gasteiger partial charge is 0.337 e. The van der Waals surface area contributed by atoms with E-state index in [0.717, 1.165) is 100 Å². The number of methoxy groups -OCH3 is 4. The number of fused-ring (bicyclic) bond motifs is 8. The van der Waals surface area contributed by atoms with Crippen LogP contribution in [0, 0.1) is 23.7 Å². The number of piperidine rings is 2. The van der Waals surface area contributed by atoms with E-state index in [1.54, 1.807) is 26.6 Å². The highest BCUT2D eigenvalue weighted by Gasteiger charge is 2.63. The largest absolute Gasteiger partial charge is 0.504 e. The Balaban J connectivity index is 0.000000186. The minimum Gasteiger partial charge on any atom is -0.504 e. The van der Waals surface area contributed by atoms with Gasteiger partial charge in [-0.05, 0) is 92.1 Å². The molecule has 4 fully saturated rings. The van der Waals surface area contributed by atoms with Gasteiger partial charge in [-0.25, -0.2) is 9.59 Å². The van der Waals surface area contributed by atoms with Gasteiger partial charge in [0, 0.05) is 49.6 Å². The molecule has 0 bridgehead atoms. The molecule has 8 rings (SSSR count). The Labute approximate surface area is 367 Å². The maximum atomic E-state index is 13.9. The summed E-state index contributed by atoms with van der Waals surface area (Å²) >= 11 is 0. The number of ether oxygens (including phenoxy) is 4. The molecule has 8 atom stereocenters. The van der Waals surface area contributed by atoms with Crippen LogP contribution in [0.2, 0.25) is 0 Å². The Morgan fingerprint density at radius 2 is 1.13 bits per heavy atom. The molecule has 2 aromatic rings. The van der Waals surface area contributed by atoms with Crippen molar-refractivity contribution >= 4 is 35.1 Å². The zero-order valence-corrected chi connectivity index (χ0v) is 37.8. The molecule has 6 heterocycles. The van der Waals surface area contributed by atoms with Crippen molar-refractivity contribution in [3.63, 3.8) is 0 Å². The number of anilines is 2. The Kier molecular flexibility index (Phi) is 13.7. The minimum absolute atomic E-state index is 0.00816. The van der Waals surface area contributed by atoms with Gasteiger partial charge in [0.1, 0.15) is 0 Å². The zero-order chi connectivity index (χ0) is 44.3. The first kappa shape index (κ1) is 45.1. The molecule has 12 heteroatoms. The number of nitrogens with zero attached hydrogens (tertiary/aromatic N) is 4. The van der Waals surface area contributed by atoms with Crippen molar-refractivity contribution in [1.82, 2.24) is 9.80 Å². The molecule has 0 aromatic heterocycles. The van der Waals surface area contributed by atoms with Crippen LogP contribution in [0.4, 0.5) is 11.4 Å². The number of carbonyl (C=O) groups excluding carboxylic acids is 4. The number of hydrogen-bond acceptors (Lipinski definition) is 10. The molecular weight excluding hydrogens is 785 g/mol. The molecule has 12 nitrogen and oxygen atoms in total. The van der Waals surface area contributed by atoms with Crippen LogP contribution in [0.25, 0.3) is 0 Å². The van der Waals surface area contributed by atoms with Gasteiger partial charge in [-0.2, -0.15) is 0 Å². The van der Waals surface area contributed by atoms with Gasteiger partial charge < -0.3 is 28.7 Å². The van der Waals surface area contributed by atoms with E-state index >= 15 is 0 Å². The van der Waals surface area contributed by atoms with Crippen LogP contribution in [0.3, 0.4) is 0 Å². The first-order valence-electron chi connectivity index (χ1n) is 22.6. The SMILES string of the molecule is C=CCN1C(=O)[C@]2(CCN3C[C@@H](CC)[C@@H](/C(=C\OC)C(=O)OC)C[C@H]32)c2ccccc21.CCCN1C(=O)[C@]2(CCN3C[C@@H](CC)[C@@H](/C(=C\OC)C(=O)OC)C[C@H]32)c2ccccc21. The molecule has 0 saturated carbocycles. The summed E-state index contributed by atoms with van der Waals surface area (Å²) in [5.41, 5.74) is 4.36. The maximum Gasteiger partial charge on any atom is 0.337 e. The zero-order valence-electron chi connectivity index (χ0n) is 37.8. The van der Waals surface area contributed by atoms with E-state index in [2.05, 4.69) is 55.3 Å². The van der Waals surface area contributed by atoms with Gasteiger partial charge in [0.25, 0.3) is 0 Å². The van der Waals surface area contributed by atoms with Crippen molar-refractivity contribution in [2.45, 2.75) is 88.6 Å². The topological polar surface area (TPSA) is 118 Å². The van der Waals surface area contributed by atoms with Crippen molar-refractivity contribution in [3.05, 3.63) is 96.0 Å². The molecule has 62 heavy (non-hydrogen) atoms. The van der Waals surface area contributed by atoms with Crippen LogP contribution in [0.5, 0.6) is 0 Å². The molecule has 0 aliphatic carbocycles. The Morgan fingerprint density at radius 1 is 0.694 bits per heavy atom. The van der Waals surface area contributed by atoms with Gasteiger partial charge in [-0.15, -0.1) is 6.58 Å². The van der Waals surface area contributed by atoms with Crippen molar-refractivity contribution in [2.24, 2.45) is 23.7 Å². The van der Waals surface area contributed by atoms with E-state index in [1.807, 2.05) is 40.1 Å². The van der Waals surface area contributed by atoms with Crippen molar-refractivity contribution in [2.75, 3.05) is 77.5 Å². The fraction of sp³-hybridized carbons (Fsp3) is 0.560. The summed E-state index contributed by atoms with van der Waals surface area (Å²) in [6.45, 7) is 15.1. The van der Waals surface area contributed by atoms with Gasteiger partial charge >= 0.3 is 11.9 Å². The Hall–Kier alpha value is -4.94. The van der Waals surface area contributed by atoms with Crippen LogP contribution >= 0.6 is 0 Å². The summed E-state index contributed by atoms with van der Waals surface area (Å²) in [7, 11) is 5.94. The average molecular weight is 851 g/mol. The number of esters is 2. The van der Waals surface area contributed by atoms with E-state index in [4.69, 9.17) is 18.9 Å². The third-order valence-corrected chi connectivity index (χ3v) is 15.2. The molecule has 2 spiro atoms. The van der Waals surface area contributed by atoms with Crippen LogP contribution < -0.4 is 9.80 Å². The number of benzene rings is 2. The highest BCUT2D eigenvalue weighted by molar-refractivity contribution is 6.10. The molecule has 0 unspecified atom stereocenters. The highest BCUT2D eigenvalue weighted by atomic mass is 16.5. The molecule has 334 valence electrons. The van der Waals surface area contributed by atoms with Gasteiger partial charge in [0.05, 0.1) is 62.9 Å². The van der Waals surface area contributed by atoms with Gasteiger partial charge in [-0.1, -0.05) is 76.1 Å². The van der Waals surface area contributed by atoms with Crippen LogP contribution in [-0.2, 0) is 49.0 Å². The third kappa shape index (κ3) is 7.24. The number of carbonyl (C=O) groups is 4. The summed E-state index contributed by atoms with van der Waals surface area (Å²) in [4.78, 5) is 61.9. The quantitative estimate of drug-likeness (QED) is 0.0979.